The summed E-state index contributed by atoms with van der Waals surface area (Å²) in [7, 11) is 0. The van der Waals surface area contributed by atoms with Crippen LogP contribution in [0.4, 0.5) is 4.79 Å². The van der Waals surface area contributed by atoms with Crippen molar-refractivity contribution in [1.82, 2.24) is 24.5 Å². The Morgan fingerprint density at radius 1 is 0.967 bits per heavy atom. The molecule has 0 aromatic rings. The van der Waals surface area contributed by atoms with Crippen LogP contribution in [-0.2, 0) is 9.53 Å². The number of piperazine rings is 2. The topological polar surface area (TPSA) is 79.8 Å². The molecule has 30 heavy (non-hydrogen) atoms. The molecule has 1 amide bonds. The molecule has 3 fully saturated rings. The average Bonchev–Trinajstić information content (AvgIpc) is 3.06. The lowest BCUT2D eigenvalue weighted by Crippen LogP contribution is -2.49. The third-order valence-corrected chi connectivity index (χ3v) is 6.56. The molecule has 0 saturated carbocycles. The zero-order chi connectivity index (χ0) is 21.5. The normalized spacial score (nSPS) is 25.2. The molecule has 3 saturated heterocycles. The van der Waals surface area contributed by atoms with Crippen LogP contribution in [0, 0.1) is 0 Å². The van der Waals surface area contributed by atoms with Crippen molar-refractivity contribution in [2.75, 3.05) is 85.1 Å². The van der Waals surface area contributed by atoms with Gasteiger partial charge in [0, 0.05) is 78.0 Å². The van der Waals surface area contributed by atoms with Gasteiger partial charge in [0.2, 0.25) is 0 Å². The van der Waals surface area contributed by atoms with E-state index in [2.05, 4.69) is 33.4 Å². The quantitative estimate of drug-likeness (QED) is 0.536. The molecule has 0 radical (unpaired) electrons. The molecule has 3 aliphatic heterocycles. The predicted octanol–water partition coefficient (Wildman–Crippen LogP) is 0.316. The highest BCUT2D eigenvalue weighted by Gasteiger charge is 2.33. The molecule has 1 atom stereocenters. The van der Waals surface area contributed by atoms with Crippen molar-refractivity contribution in [3.8, 4) is 0 Å². The Morgan fingerprint density at radius 3 is 2.20 bits per heavy atom. The molecule has 0 bridgehead atoms. The minimum absolute atomic E-state index is 0.0577. The SMILES string of the molecule is CC(C)N1CCN(CCCN2CC(CN3CCN(CCC(=O)O)CC3)OC2=O)CC1. The van der Waals surface area contributed by atoms with Crippen LogP contribution in [0.25, 0.3) is 0 Å². The van der Waals surface area contributed by atoms with Gasteiger partial charge in [-0.05, 0) is 26.8 Å². The highest BCUT2D eigenvalue weighted by Crippen LogP contribution is 2.15. The average molecular weight is 426 g/mol. The van der Waals surface area contributed by atoms with Crippen LogP contribution in [0.15, 0.2) is 0 Å². The lowest BCUT2D eigenvalue weighted by molar-refractivity contribution is -0.137. The number of nitrogens with zero attached hydrogens (tertiary/aromatic N) is 5. The maximum absolute atomic E-state index is 12.2. The Labute approximate surface area is 180 Å². The third-order valence-electron chi connectivity index (χ3n) is 6.56. The summed E-state index contributed by atoms with van der Waals surface area (Å²) in [6.07, 6.45) is 0.955. The monoisotopic (exact) mass is 425 g/mol. The van der Waals surface area contributed by atoms with Gasteiger partial charge in [-0.1, -0.05) is 0 Å². The smallest absolute Gasteiger partial charge is 0.410 e. The van der Waals surface area contributed by atoms with Crippen molar-refractivity contribution in [3.05, 3.63) is 0 Å². The minimum atomic E-state index is -0.742. The number of carboxylic acids is 1. The van der Waals surface area contributed by atoms with Crippen molar-refractivity contribution < 1.29 is 19.4 Å². The summed E-state index contributed by atoms with van der Waals surface area (Å²) >= 11 is 0. The van der Waals surface area contributed by atoms with Crippen molar-refractivity contribution in [2.24, 2.45) is 0 Å². The van der Waals surface area contributed by atoms with Crippen LogP contribution in [-0.4, -0.2) is 139 Å². The van der Waals surface area contributed by atoms with Gasteiger partial charge in [-0.15, -0.1) is 0 Å². The van der Waals surface area contributed by atoms with Crippen molar-refractivity contribution in [3.63, 3.8) is 0 Å². The number of carboxylic acid groups (broad SMARTS) is 1. The van der Waals surface area contributed by atoms with Gasteiger partial charge in [-0.2, -0.15) is 0 Å². The van der Waals surface area contributed by atoms with E-state index < -0.39 is 5.97 Å². The Kier molecular flexibility index (Phi) is 8.73. The summed E-state index contributed by atoms with van der Waals surface area (Å²) in [4.78, 5) is 34.3. The largest absolute Gasteiger partial charge is 0.481 e. The Hall–Kier alpha value is -1.42. The summed E-state index contributed by atoms with van der Waals surface area (Å²) < 4.78 is 5.60. The molecule has 3 aliphatic rings. The van der Waals surface area contributed by atoms with Crippen LogP contribution >= 0.6 is 0 Å². The molecular weight excluding hydrogens is 386 g/mol. The van der Waals surface area contributed by atoms with E-state index in [1.165, 1.54) is 0 Å². The molecule has 3 heterocycles. The molecule has 0 spiro atoms. The molecule has 0 aromatic carbocycles. The van der Waals surface area contributed by atoms with Gasteiger partial charge >= 0.3 is 12.1 Å². The van der Waals surface area contributed by atoms with Crippen molar-refractivity contribution in [2.45, 2.75) is 38.8 Å². The summed E-state index contributed by atoms with van der Waals surface area (Å²) in [6, 6.07) is 0.621. The fourth-order valence-electron chi connectivity index (χ4n) is 4.58. The van der Waals surface area contributed by atoms with Gasteiger partial charge < -0.3 is 24.5 Å². The van der Waals surface area contributed by atoms with Crippen LogP contribution in [0.1, 0.15) is 26.7 Å². The second-order valence-electron chi connectivity index (χ2n) is 9.06. The number of cyclic esters (lactones) is 1. The predicted molar refractivity (Wildman–Crippen MR) is 115 cm³/mol. The van der Waals surface area contributed by atoms with Crippen molar-refractivity contribution >= 4 is 12.1 Å². The van der Waals surface area contributed by atoms with E-state index in [1.54, 1.807) is 0 Å². The third kappa shape index (κ3) is 7.08. The number of carbonyl (C=O) groups excluding carboxylic acids is 1. The zero-order valence-corrected chi connectivity index (χ0v) is 18.7. The van der Waals surface area contributed by atoms with Gasteiger partial charge in [0.05, 0.1) is 13.0 Å². The molecule has 9 heteroatoms. The highest BCUT2D eigenvalue weighted by atomic mass is 16.6. The molecule has 3 rings (SSSR count). The lowest BCUT2D eigenvalue weighted by Gasteiger charge is -2.37. The zero-order valence-electron chi connectivity index (χ0n) is 18.7. The Morgan fingerprint density at radius 2 is 1.57 bits per heavy atom. The maximum atomic E-state index is 12.2. The molecule has 172 valence electrons. The number of carbonyl (C=O) groups is 2. The van der Waals surface area contributed by atoms with E-state index in [1.807, 2.05) is 4.90 Å². The van der Waals surface area contributed by atoms with Gasteiger partial charge in [-0.3, -0.25) is 14.6 Å². The van der Waals surface area contributed by atoms with E-state index in [4.69, 9.17) is 9.84 Å². The second kappa shape index (κ2) is 11.3. The van der Waals surface area contributed by atoms with Gasteiger partial charge in [0.15, 0.2) is 0 Å². The van der Waals surface area contributed by atoms with Gasteiger partial charge in [0.1, 0.15) is 6.10 Å². The number of ether oxygens (including phenoxy) is 1. The van der Waals surface area contributed by atoms with E-state index in [0.29, 0.717) is 19.1 Å². The number of hydrogen-bond donors (Lipinski definition) is 1. The van der Waals surface area contributed by atoms with E-state index in [-0.39, 0.29) is 18.6 Å². The van der Waals surface area contributed by atoms with Gasteiger partial charge in [0.25, 0.3) is 0 Å². The first-order valence-electron chi connectivity index (χ1n) is 11.5. The molecule has 1 N–H and O–H groups in total. The summed E-state index contributed by atoms with van der Waals surface area (Å²) in [5, 5.41) is 8.81. The molecule has 0 aromatic heterocycles. The fraction of sp³-hybridized carbons (Fsp3) is 0.905. The second-order valence-corrected chi connectivity index (χ2v) is 9.06. The summed E-state index contributed by atoms with van der Waals surface area (Å²) in [5.74, 6) is -0.742. The van der Waals surface area contributed by atoms with E-state index in [0.717, 1.165) is 78.4 Å². The highest BCUT2D eigenvalue weighted by molar-refractivity contribution is 5.69. The maximum Gasteiger partial charge on any atom is 0.410 e. The molecular formula is C21H39N5O4. The molecule has 9 nitrogen and oxygen atoms in total. The number of aliphatic carboxylic acids is 1. The van der Waals surface area contributed by atoms with Crippen LogP contribution in [0.2, 0.25) is 0 Å². The van der Waals surface area contributed by atoms with E-state index >= 15 is 0 Å². The van der Waals surface area contributed by atoms with Crippen LogP contribution in [0.5, 0.6) is 0 Å². The fourth-order valence-corrected chi connectivity index (χ4v) is 4.58. The molecule has 1 unspecified atom stereocenters. The first-order chi connectivity index (χ1) is 14.4. The first kappa shape index (κ1) is 23.2. The standard InChI is InChI=1S/C21H39N5O4/c1-18(2)25-14-12-22(13-15-25)5-3-6-26-17-19(30-21(26)29)16-24-10-8-23(9-11-24)7-4-20(27)28/h18-19H,3-17H2,1-2H3,(H,27,28). The van der Waals surface area contributed by atoms with Gasteiger partial charge in [-0.25, -0.2) is 4.79 Å². The van der Waals surface area contributed by atoms with E-state index in [9.17, 15) is 9.59 Å². The number of hydrogen-bond acceptors (Lipinski definition) is 7. The number of amides is 1. The molecule has 0 aliphatic carbocycles. The lowest BCUT2D eigenvalue weighted by atomic mass is 10.2. The Bertz CT molecular complexity index is 560. The Balaban J connectivity index is 1.29. The van der Waals surface area contributed by atoms with Crippen LogP contribution < -0.4 is 0 Å². The summed E-state index contributed by atoms with van der Waals surface area (Å²) in [5.41, 5.74) is 0. The summed E-state index contributed by atoms with van der Waals surface area (Å²) in [6.45, 7) is 16.4. The van der Waals surface area contributed by atoms with Crippen molar-refractivity contribution in [1.29, 1.82) is 0 Å². The van der Waals surface area contributed by atoms with Crippen LogP contribution in [0.3, 0.4) is 0 Å². The minimum Gasteiger partial charge on any atom is -0.481 e. The number of rotatable bonds is 10. The first-order valence-corrected chi connectivity index (χ1v) is 11.5.